The summed E-state index contributed by atoms with van der Waals surface area (Å²) in [5.74, 6) is 0.712. The van der Waals surface area contributed by atoms with E-state index in [4.69, 9.17) is 16.3 Å². The highest BCUT2D eigenvalue weighted by atomic mass is 35.5. The van der Waals surface area contributed by atoms with E-state index in [0.29, 0.717) is 17.4 Å². The van der Waals surface area contributed by atoms with Crippen LogP contribution in [0.15, 0.2) is 48.7 Å². The molecule has 3 nitrogen and oxygen atoms in total. The molecule has 0 bridgehead atoms. The van der Waals surface area contributed by atoms with Gasteiger partial charge >= 0.3 is 0 Å². The largest absolute Gasteiger partial charge is 0.492 e. The van der Waals surface area contributed by atoms with Crippen LogP contribution in [0.5, 0.6) is 5.75 Å². The van der Waals surface area contributed by atoms with Gasteiger partial charge < -0.3 is 9.30 Å². The summed E-state index contributed by atoms with van der Waals surface area (Å²) in [6, 6.07) is 15.9. The molecule has 122 valence electrons. The summed E-state index contributed by atoms with van der Waals surface area (Å²) in [5.41, 5.74) is 3.16. The first-order valence-corrected chi connectivity index (χ1v) is 8.50. The summed E-state index contributed by atoms with van der Waals surface area (Å²) < 4.78 is 7.92. The topological polar surface area (TPSA) is 38.0 Å². The Morgan fingerprint density at radius 2 is 2.00 bits per heavy atom. The van der Waals surface area contributed by atoms with E-state index < -0.39 is 0 Å². The van der Waals surface area contributed by atoms with E-state index in [1.165, 1.54) is 5.56 Å². The van der Waals surface area contributed by atoms with Gasteiger partial charge in [-0.1, -0.05) is 48.9 Å². The Labute approximate surface area is 147 Å². The minimum Gasteiger partial charge on any atom is -0.492 e. The summed E-state index contributed by atoms with van der Waals surface area (Å²) in [4.78, 5) is 0. The minimum absolute atomic E-state index is 0.583. The van der Waals surface area contributed by atoms with Crippen LogP contribution in [0, 0.1) is 11.3 Å². The number of nitrogens with zero attached hydrogens (tertiary/aromatic N) is 2. The predicted molar refractivity (Wildman–Crippen MR) is 97.6 cm³/mol. The average molecular weight is 339 g/mol. The van der Waals surface area contributed by atoms with Crippen molar-refractivity contribution < 1.29 is 4.74 Å². The molecule has 0 unspecified atom stereocenters. The molecule has 0 aliphatic rings. The third-order valence-electron chi connectivity index (χ3n) is 4.12. The van der Waals surface area contributed by atoms with Gasteiger partial charge in [0, 0.05) is 18.1 Å². The number of halogens is 1. The lowest BCUT2D eigenvalue weighted by molar-refractivity contribution is 0.303. The number of fused-ring (bicyclic) bond motifs is 1. The lowest BCUT2D eigenvalue weighted by Crippen LogP contribution is -2.05. The van der Waals surface area contributed by atoms with Gasteiger partial charge in [0.25, 0.3) is 0 Å². The van der Waals surface area contributed by atoms with E-state index in [2.05, 4.69) is 23.6 Å². The molecule has 0 amide bonds. The number of para-hydroxylation sites is 2. The number of benzene rings is 2. The number of aromatic nitrogens is 1. The molecule has 0 saturated heterocycles. The van der Waals surface area contributed by atoms with E-state index >= 15 is 0 Å². The van der Waals surface area contributed by atoms with Gasteiger partial charge in [0.05, 0.1) is 22.7 Å². The van der Waals surface area contributed by atoms with Crippen LogP contribution in [0.4, 0.5) is 0 Å². The Balaban J connectivity index is 1.74. The first kappa shape index (κ1) is 16.4. The number of ether oxygens (including phenoxy) is 1. The second kappa shape index (κ2) is 7.42. The molecule has 24 heavy (non-hydrogen) atoms. The molecule has 3 aromatic rings. The number of rotatable bonds is 6. The van der Waals surface area contributed by atoms with Crippen molar-refractivity contribution in [2.24, 2.45) is 0 Å². The van der Waals surface area contributed by atoms with Crippen LogP contribution in [0.25, 0.3) is 10.9 Å². The lowest BCUT2D eigenvalue weighted by Gasteiger charge is -2.10. The minimum atomic E-state index is 0.583. The predicted octanol–water partition coefficient (Wildman–Crippen LogP) is 5.20. The smallest absolute Gasteiger partial charge is 0.137 e. The Kier molecular flexibility index (Phi) is 5.08. The number of aryl methyl sites for hydroxylation is 2. The van der Waals surface area contributed by atoms with Gasteiger partial charge in [-0.15, -0.1) is 0 Å². The van der Waals surface area contributed by atoms with E-state index in [1.807, 2.05) is 42.6 Å². The molecule has 0 aliphatic heterocycles. The molecule has 1 heterocycles. The number of hydrogen-bond acceptors (Lipinski definition) is 2. The standard InChI is InChI=1S/C20H19ClN2O/c1-2-15-7-5-8-17-16(13-22)14-23(20(15)17)11-6-12-24-19-10-4-3-9-18(19)21/h3-5,7-10,14H,2,6,11-12H2,1H3. The highest BCUT2D eigenvalue weighted by Crippen LogP contribution is 2.26. The van der Waals surface area contributed by atoms with Gasteiger partial charge in [0.15, 0.2) is 0 Å². The maximum absolute atomic E-state index is 9.36. The molecule has 0 saturated carbocycles. The normalized spacial score (nSPS) is 10.7. The highest BCUT2D eigenvalue weighted by Gasteiger charge is 2.11. The van der Waals surface area contributed by atoms with Crippen LogP contribution in [-0.4, -0.2) is 11.2 Å². The monoisotopic (exact) mass is 338 g/mol. The summed E-state index contributed by atoms with van der Waals surface area (Å²) in [6.45, 7) is 3.53. The highest BCUT2D eigenvalue weighted by molar-refractivity contribution is 6.32. The van der Waals surface area contributed by atoms with Crippen molar-refractivity contribution in [1.29, 1.82) is 5.26 Å². The molecule has 4 heteroatoms. The molecule has 0 atom stereocenters. The van der Waals surface area contributed by atoms with Gasteiger partial charge in [-0.25, -0.2) is 0 Å². The van der Waals surface area contributed by atoms with Crippen LogP contribution in [0.3, 0.4) is 0 Å². The summed E-state index contributed by atoms with van der Waals surface area (Å²) in [7, 11) is 0. The molecule has 1 aromatic heterocycles. The number of hydrogen-bond donors (Lipinski definition) is 0. The van der Waals surface area contributed by atoms with E-state index in [0.717, 1.165) is 35.9 Å². The Morgan fingerprint density at radius 3 is 2.75 bits per heavy atom. The summed E-state index contributed by atoms with van der Waals surface area (Å²) >= 11 is 6.09. The van der Waals surface area contributed by atoms with E-state index in [1.54, 1.807) is 0 Å². The molecule has 2 aromatic carbocycles. The summed E-state index contributed by atoms with van der Waals surface area (Å²) in [5, 5.41) is 11.0. The Bertz CT molecular complexity index is 892. The molecule has 0 N–H and O–H groups in total. The first-order valence-electron chi connectivity index (χ1n) is 8.12. The molecule has 3 rings (SSSR count). The van der Waals surface area contributed by atoms with Crippen molar-refractivity contribution >= 4 is 22.5 Å². The molecule has 0 spiro atoms. The fourth-order valence-corrected chi connectivity index (χ4v) is 3.16. The Morgan fingerprint density at radius 1 is 1.17 bits per heavy atom. The fraction of sp³-hybridized carbons (Fsp3) is 0.250. The molecule has 0 radical (unpaired) electrons. The van der Waals surface area contributed by atoms with E-state index in [-0.39, 0.29) is 0 Å². The van der Waals surface area contributed by atoms with Crippen molar-refractivity contribution in [2.75, 3.05) is 6.61 Å². The third kappa shape index (κ3) is 3.25. The van der Waals surface area contributed by atoms with Gasteiger partial charge in [-0.05, 0) is 30.5 Å². The van der Waals surface area contributed by atoms with Crippen LogP contribution >= 0.6 is 11.6 Å². The average Bonchev–Trinajstić information content (AvgIpc) is 2.98. The van der Waals surface area contributed by atoms with Crippen molar-refractivity contribution in [3.8, 4) is 11.8 Å². The molecular formula is C20H19ClN2O. The maximum atomic E-state index is 9.36. The van der Waals surface area contributed by atoms with Crippen molar-refractivity contribution in [3.05, 3.63) is 64.8 Å². The zero-order valence-corrected chi connectivity index (χ0v) is 14.4. The zero-order chi connectivity index (χ0) is 16.9. The third-order valence-corrected chi connectivity index (χ3v) is 4.43. The van der Waals surface area contributed by atoms with Crippen LogP contribution in [-0.2, 0) is 13.0 Å². The Hall–Kier alpha value is -2.44. The maximum Gasteiger partial charge on any atom is 0.137 e. The molecule has 0 fully saturated rings. The quantitative estimate of drug-likeness (QED) is 0.579. The van der Waals surface area contributed by atoms with Gasteiger partial charge in [-0.2, -0.15) is 5.26 Å². The second-order valence-corrected chi connectivity index (χ2v) is 6.05. The van der Waals surface area contributed by atoms with Crippen LogP contribution in [0.1, 0.15) is 24.5 Å². The molecular weight excluding hydrogens is 320 g/mol. The van der Waals surface area contributed by atoms with Crippen LogP contribution < -0.4 is 4.74 Å². The lowest BCUT2D eigenvalue weighted by atomic mass is 10.1. The molecule has 0 aliphatic carbocycles. The van der Waals surface area contributed by atoms with Gasteiger partial charge in [0.1, 0.15) is 11.8 Å². The number of nitriles is 1. The fourth-order valence-electron chi connectivity index (χ4n) is 2.97. The zero-order valence-electron chi connectivity index (χ0n) is 13.6. The van der Waals surface area contributed by atoms with E-state index in [9.17, 15) is 5.26 Å². The van der Waals surface area contributed by atoms with Crippen molar-refractivity contribution in [3.63, 3.8) is 0 Å². The van der Waals surface area contributed by atoms with Crippen LogP contribution in [0.2, 0.25) is 5.02 Å². The SMILES string of the molecule is CCc1cccc2c(C#N)cn(CCCOc3ccccc3Cl)c12. The van der Waals surface area contributed by atoms with Gasteiger partial charge in [0.2, 0.25) is 0 Å². The first-order chi connectivity index (χ1) is 11.7. The van der Waals surface area contributed by atoms with Crippen molar-refractivity contribution in [2.45, 2.75) is 26.3 Å². The second-order valence-electron chi connectivity index (χ2n) is 5.65. The van der Waals surface area contributed by atoms with Crippen molar-refractivity contribution in [1.82, 2.24) is 4.57 Å². The van der Waals surface area contributed by atoms with Gasteiger partial charge in [-0.3, -0.25) is 0 Å². The summed E-state index contributed by atoms with van der Waals surface area (Å²) in [6.07, 6.45) is 3.74.